The lowest BCUT2D eigenvalue weighted by Crippen LogP contribution is -2.54. The van der Waals surface area contributed by atoms with Crippen molar-refractivity contribution >= 4 is 64.4 Å². The number of carboxylic acid groups (broad SMARTS) is 2. The summed E-state index contributed by atoms with van der Waals surface area (Å²) in [5, 5.41) is 20.8. The molecule has 1 saturated heterocycles. The third kappa shape index (κ3) is 5.89. The Hall–Kier alpha value is -4.74. The second-order valence-corrected chi connectivity index (χ2v) is 8.94. The average Bonchev–Trinajstić information content (AvgIpc) is 2.90. The maximum Gasteiger partial charge on any atom is 0.335 e. The van der Waals surface area contributed by atoms with E-state index in [-0.39, 0.29) is 50.6 Å². The largest absolute Gasteiger partial charge is 0.493 e. The molecule has 0 atom stereocenters. The maximum absolute atomic E-state index is 13.3. The number of hydrogen-bond donors (Lipinski definition) is 3. The third-order valence-corrected chi connectivity index (χ3v) is 6.14. The summed E-state index contributed by atoms with van der Waals surface area (Å²) in [4.78, 5) is 49.6. The number of aromatic carboxylic acids is 2. The van der Waals surface area contributed by atoms with Crippen LogP contribution >= 0.6 is 23.8 Å². The van der Waals surface area contributed by atoms with Crippen molar-refractivity contribution in [2.45, 2.75) is 6.61 Å². The van der Waals surface area contributed by atoms with Crippen molar-refractivity contribution in [3.05, 3.63) is 93.5 Å². The van der Waals surface area contributed by atoms with Crippen LogP contribution in [0.1, 0.15) is 31.8 Å². The summed E-state index contributed by atoms with van der Waals surface area (Å²) in [6.45, 7) is 0.000337. The number of nitrogens with one attached hydrogen (secondary N) is 1. The summed E-state index contributed by atoms with van der Waals surface area (Å²) in [6, 6.07) is 14.8. The Labute approximate surface area is 232 Å². The number of hydrogen-bond acceptors (Lipinski definition) is 7. The van der Waals surface area contributed by atoms with E-state index in [4.69, 9.17) is 33.3 Å². The average molecular weight is 567 g/mol. The lowest BCUT2D eigenvalue weighted by atomic mass is 10.1. The number of anilines is 1. The number of rotatable bonds is 8. The van der Waals surface area contributed by atoms with E-state index in [0.717, 1.165) is 4.90 Å². The number of thiocarbonyl (C=S) groups is 1. The van der Waals surface area contributed by atoms with Gasteiger partial charge in [0.1, 0.15) is 12.2 Å². The zero-order valence-corrected chi connectivity index (χ0v) is 21.7. The molecule has 3 N–H and O–H groups in total. The van der Waals surface area contributed by atoms with Crippen LogP contribution in [-0.2, 0) is 16.2 Å². The lowest BCUT2D eigenvalue weighted by molar-refractivity contribution is -0.122. The van der Waals surface area contributed by atoms with E-state index in [2.05, 4.69) is 5.32 Å². The molecule has 0 spiro atoms. The van der Waals surface area contributed by atoms with Crippen molar-refractivity contribution in [1.82, 2.24) is 5.32 Å². The van der Waals surface area contributed by atoms with Gasteiger partial charge in [-0.1, -0.05) is 29.8 Å². The fourth-order valence-electron chi connectivity index (χ4n) is 3.75. The standard InChI is InChI=1S/C27H19ClN2O8S/c1-37-21-11-15(10-20(28)22(21)38-13-14-4-2-5-16(8-14)25(33)34)9-19-23(31)29-27(39)30(24(19)32)18-7-3-6-17(12-18)26(35)36/h2-12H,13H2,1H3,(H,33,34)(H,35,36)(H,29,31,39). The van der Waals surface area contributed by atoms with E-state index in [9.17, 15) is 29.4 Å². The molecule has 3 aromatic rings. The van der Waals surface area contributed by atoms with Crippen LogP contribution in [0.2, 0.25) is 5.02 Å². The fraction of sp³-hybridized carbons (Fsp3) is 0.0741. The summed E-state index contributed by atoms with van der Waals surface area (Å²) >= 11 is 11.6. The molecule has 0 bridgehead atoms. The van der Waals surface area contributed by atoms with Crippen LogP contribution in [0.5, 0.6) is 11.5 Å². The molecule has 3 aromatic carbocycles. The van der Waals surface area contributed by atoms with Gasteiger partial charge in [0.2, 0.25) is 0 Å². The van der Waals surface area contributed by atoms with Crippen molar-refractivity contribution in [2.24, 2.45) is 0 Å². The monoisotopic (exact) mass is 566 g/mol. The highest BCUT2D eigenvalue weighted by atomic mass is 35.5. The van der Waals surface area contributed by atoms with E-state index < -0.39 is 23.8 Å². The molecule has 2 amide bonds. The second-order valence-electron chi connectivity index (χ2n) is 8.14. The van der Waals surface area contributed by atoms with Crippen molar-refractivity contribution in [2.75, 3.05) is 12.0 Å². The van der Waals surface area contributed by atoms with Crippen LogP contribution in [0.25, 0.3) is 6.08 Å². The van der Waals surface area contributed by atoms with E-state index in [1.165, 1.54) is 61.7 Å². The van der Waals surface area contributed by atoms with E-state index in [1.54, 1.807) is 12.1 Å². The molecule has 39 heavy (non-hydrogen) atoms. The number of carbonyl (C=O) groups excluding carboxylic acids is 2. The summed E-state index contributed by atoms with van der Waals surface area (Å²) in [6.07, 6.45) is 1.29. The number of amides is 2. The van der Waals surface area contributed by atoms with Crippen molar-refractivity contribution in [1.29, 1.82) is 0 Å². The zero-order valence-electron chi connectivity index (χ0n) is 20.1. The predicted molar refractivity (Wildman–Crippen MR) is 145 cm³/mol. The highest BCUT2D eigenvalue weighted by Gasteiger charge is 2.35. The molecule has 4 rings (SSSR count). The molecule has 0 unspecified atom stereocenters. The third-order valence-electron chi connectivity index (χ3n) is 5.57. The van der Waals surface area contributed by atoms with Gasteiger partial charge in [-0.3, -0.25) is 19.8 Å². The van der Waals surface area contributed by atoms with Crippen molar-refractivity contribution in [3.63, 3.8) is 0 Å². The summed E-state index contributed by atoms with van der Waals surface area (Å²) < 4.78 is 11.2. The Balaban J connectivity index is 1.64. The topological polar surface area (TPSA) is 142 Å². The molecule has 10 nitrogen and oxygen atoms in total. The SMILES string of the molecule is COc1cc(C=C2C(=O)NC(=S)N(c3cccc(C(=O)O)c3)C2=O)cc(Cl)c1OCc1cccc(C(=O)O)c1. The van der Waals surface area contributed by atoms with Gasteiger partial charge in [0.05, 0.1) is 28.9 Å². The quantitative estimate of drug-likeness (QED) is 0.208. The van der Waals surface area contributed by atoms with Gasteiger partial charge >= 0.3 is 11.9 Å². The first-order valence-electron chi connectivity index (χ1n) is 11.2. The van der Waals surface area contributed by atoms with Crippen LogP contribution in [0.3, 0.4) is 0 Å². The molecule has 1 fully saturated rings. The maximum atomic E-state index is 13.3. The molecular weight excluding hydrogens is 548 g/mol. The van der Waals surface area contributed by atoms with Crippen LogP contribution in [0.4, 0.5) is 5.69 Å². The number of benzene rings is 3. The first-order chi connectivity index (χ1) is 18.6. The molecule has 1 aliphatic rings. The van der Waals surface area contributed by atoms with Crippen molar-refractivity contribution in [3.8, 4) is 11.5 Å². The molecule has 198 valence electrons. The van der Waals surface area contributed by atoms with Crippen LogP contribution in [0.15, 0.2) is 66.2 Å². The molecule has 12 heteroatoms. The van der Waals surface area contributed by atoms with Crippen LogP contribution < -0.4 is 19.7 Å². The molecule has 0 aromatic heterocycles. The van der Waals surface area contributed by atoms with E-state index in [0.29, 0.717) is 11.1 Å². The molecule has 0 aliphatic carbocycles. The Bertz CT molecular complexity index is 1570. The first-order valence-corrected chi connectivity index (χ1v) is 11.9. The highest BCUT2D eigenvalue weighted by Crippen LogP contribution is 2.38. The van der Waals surface area contributed by atoms with Gasteiger partial charge in [-0.25, -0.2) is 9.59 Å². The first kappa shape index (κ1) is 27.3. The minimum absolute atomic E-state index is 0.000337. The fourth-order valence-corrected chi connectivity index (χ4v) is 4.30. The minimum Gasteiger partial charge on any atom is -0.493 e. The molecule has 0 radical (unpaired) electrons. The molecule has 0 saturated carbocycles. The number of carboxylic acids is 2. The number of methoxy groups -OCH3 is 1. The molecule has 1 aliphatic heterocycles. The zero-order chi connectivity index (χ0) is 28.3. The minimum atomic E-state index is -1.19. The Morgan fingerprint density at radius 1 is 1.03 bits per heavy atom. The summed E-state index contributed by atoms with van der Waals surface area (Å²) in [7, 11) is 1.38. The predicted octanol–water partition coefficient (Wildman–Crippen LogP) is 4.16. The highest BCUT2D eigenvalue weighted by molar-refractivity contribution is 7.80. The normalized spacial score (nSPS) is 14.3. The Morgan fingerprint density at radius 2 is 1.69 bits per heavy atom. The Kier molecular flexibility index (Phi) is 7.93. The number of carbonyl (C=O) groups is 4. The Morgan fingerprint density at radius 3 is 2.36 bits per heavy atom. The van der Waals surface area contributed by atoms with Gasteiger partial charge < -0.3 is 19.7 Å². The number of nitrogens with zero attached hydrogens (tertiary/aromatic N) is 1. The van der Waals surface area contributed by atoms with E-state index in [1.807, 2.05) is 0 Å². The molecular formula is C27H19ClN2O8S. The second kappa shape index (κ2) is 11.3. The van der Waals surface area contributed by atoms with Gasteiger partial charge in [0.15, 0.2) is 16.6 Å². The summed E-state index contributed by atoms with van der Waals surface area (Å²) in [5.41, 5.74) is 0.861. The molecule has 1 heterocycles. The van der Waals surface area contributed by atoms with Crippen LogP contribution in [-0.4, -0.2) is 46.2 Å². The van der Waals surface area contributed by atoms with Gasteiger partial charge in [0, 0.05) is 0 Å². The van der Waals surface area contributed by atoms with Gasteiger partial charge in [-0.15, -0.1) is 0 Å². The van der Waals surface area contributed by atoms with Crippen LogP contribution in [0, 0.1) is 0 Å². The van der Waals surface area contributed by atoms with Crippen molar-refractivity contribution < 1.29 is 38.9 Å². The lowest BCUT2D eigenvalue weighted by Gasteiger charge is -2.29. The number of halogens is 1. The van der Waals surface area contributed by atoms with Gasteiger partial charge in [0.25, 0.3) is 11.8 Å². The van der Waals surface area contributed by atoms with Gasteiger partial charge in [-0.2, -0.15) is 0 Å². The smallest absolute Gasteiger partial charge is 0.335 e. The van der Waals surface area contributed by atoms with E-state index >= 15 is 0 Å². The number of ether oxygens (including phenoxy) is 2. The summed E-state index contributed by atoms with van der Waals surface area (Å²) in [5.74, 6) is -3.39. The van der Waals surface area contributed by atoms with Gasteiger partial charge in [-0.05, 0) is 71.9 Å².